The Labute approximate surface area is 136 Å². The summed E-state index contributed by atoms with van der Waals surface area (Å²) in [5.41, 5.74) is 4.29. The molecule has 1 aliphatic carbocycles. The summed E-state index contributed by atoms with van der Waals surface area (Å²) in [6.45, 7) is 6.74. The average molecular weight is 313 g/mol. The van der Waals surface area contributed by atoms with Gasteiger partial charge in [-0.2, -0.15) is 0 Å². The van der Waals surface area contributed by atoms with Crippen LogP contribution in [0.1, 0.15) is 29.5 Å². The summed E-state index contributed by atoms with van der Waals surface area (Å²) in [6, 6.07) is 4.16. The number of carboxylic acid groups (broad SMARTS) is 1. The van der Waals surface area contributed by atoms with Crippen molar-refractivity contribution in [2.24, 2.45) is 17.8 Å². The van der Waals surface area contributed by atoms with Gasteiger partial charge >= 0.3 is 5.97 Å². The quantitative estimate of drug-likeness (QED) is 0.853. The number of nitrogens with zero attached hydrogens (tertiary/aromatic N) is 1. The third kappa shape index (κ3) is 2.67. The molecule has 1 heterocycles. The van der Waals surface area contributed by atoms with Gasteiger partial charge in [0.25, 0.3) is 0 Å². The molecule has 0 unspecified atom stereocenters. The van der Waals surface area contributed by atoms with Gasteiger partial charge in [-0.15, -0.1) is 0 Å². The summed E-state index contributed by atoms with van der Waals surface area (Å²) >= 11 is 0. The molecule has 3 atom stereocenters. The van der Waals surface area contributed by atoms with E-state index in [2.05, 4.69) is 12.1 Å². The number of hydrogen-bond acceptors (Lipinski definition) is 2. The maximum Gasteiger partial charge on any atom is 0.307 e. The number of hydrogen-bond donors (Lipinski definition) is 1. The molecule has 0 spiro atoms. The zero-order chi connectivity index (χ0) is 16.7. The van der Waals surface area contributed by atoms with Crippen LogP contribution in [0, 0.1) is 38.5 Å². The first-order valence-electron chi connectivity index (χ1n) is 8.19. The van der Waals surface area contributed by atoms with Gasteiger partial charge in [0.15, 0.2) is 0 Å². The SMILES string of the molecule is Cc1cc(C)c(N2CC[C@@H]3C=CC[C@H](C(=O)O)[C@@H]3C2=O)c(C)c1. The van der Waals surface area contributed by atoms with Crippen molar-refractivity contribution >= 4 is 17.6 Å². The molecular formula is C19H23NO3. The van der Waals surface area contributed by atoms with E-state index in [-0.39, 0.29) is 11.8 Å². The van der Waals surface area contributed by atoms with E-state index in [9.17, 15) is 14.7 Å². The molecule has 3 rings (SSSR count). The second-order valence-corrected chi connectivity index (χ2v) is 6.82. The number of carboxylic acids is 1. The number of anilines is 1. The number of fused-ring (bicyclic) bond motifs is 1. The molecule has 1 aromatic carbocycles. The number of rotatable bonds is 2. The number of aryl methyl sites for hydroxylation is 3. The third-order valence-electron chi connectivity index (χ3n) is 5.13. The minimum Gasteiger partial charge on any atom is -0.481 e. The van der Waals surface area contributed by atoms with Gasteiger partial charge in [0.05, 0.1) is 11.8 Å². The lowest BCUT2D eigenvalue weighted by atomic mass is 9.71. The molecule has 1 aromatic rings. The van der Waals surface area contributed by atoms with Crippen LogP contribution in [-0.4, -0.2) is 23.5 Å². The Hall–Kier alpha value is -2.10. The van der Waals surface area contributed by atoms with E-state index in [4.69, 9.17) is 0 Å². The zero-order valence-electron chi connectivity index (χ0n) is 13.9. The first-order chi connectivity index (χ1) is 10.9. The summed E-state index contributed by atoms with van der Waals surface area (Å²) in [4.78, 5) is 26.5. The molecule has 1 amide bonds. The minimum absolute atomic E-state index is 0.0342. The van der Waals surface area contributed by atoms with Crippen molar-refractivity contribution in [3.63, 3.8) is 0 Å². The second-order valence-electron chi connectivity index (χ2n) is 6.82. The highest BCUT2D eigenvalue weighted by Gasteiger charge is 2.45. The van der Waals surface area contributed by atoms with Crippen molar-refractivity contribution < 1.29 is 14.7 Å². The fraction of sp³-hybridized carbons (Fsp3) is 0.474. The fourth-order valence-electron chi connectivity index (χ4n) is 4.24. The molecule has 122 valence electrons. The van der Waals surface area contributed by atoms with Crippen LogP contribution >= 0.6 is 0 Å². The smallest absolute Gasteiger partial charge is 0.307 e. The normalized spacial score (nSPS) is 27.0. The molecule has 23 heavy (non-hydrogen) atoms. The number of benzene rings is 1. The number of allylic oxidation sites excluding steroid dienone is 2. The van der Waals surface area contributed by atoms with E-state index >= 15 is 0 Å². The molecule has 1 N–H and O–H groups in total. The lowest BCUT2D eigenvalue weighted by Crippen LogP contribution is -2.51. The van der Waals surface area contributed by atoms with Crippen LogP contribution in [0.5, 0.6) is 0 Å². The predicted octanol–water partition coefficient (Wildman–Crippen LogP) is 3.24. The fourth-order valence-corrected chi connectivity index (χ4v) is 4.24. The molecule has 4 heteroatoms. The van der Waals surface area contributed by atoms with E-state index in [0.717, 1.165) is 23.2 Å². The highest BCUT2D eigenvalue weighted by Crippen LogP contribution is 2.40. The molecule has 0 radical (unpaired) electrons. The van der Waals surface area contributed by atoms with E-state index in [1.807, 2.05) is 37.8 Å². The first-order valence-corrected chi connectivity index (χ1v) is 8.19. The molecule has 2 aliphatic rings. The van der Waals surface area contributed by atoms with Gasteiger partial charge in [-0.1, -0.05) is 29.8 Å². The number of carbonyl (C=O) groups is 2. The Morgan fingerprint density at radius 3 is 2.48 bits per heavy atom. The monoisotopic (exact) mass is 313 g/mol. The molecule has 1 saturated heterocycles. The van der Waals surface area contributed by atoms with Gasteiger partial charge in [-0.25, -0.2) is 0 Å². The largest absolute Gasteiger partial charge is 0.481 e. The molecular weight excluding hydrogens is 290 g/mol. The van der Waals surface area contributed by atoms with E-state index < -0.39 is 17.8 Å². The van der Waals surface area contributed by atoms with Crippen molar-refractivity contribution in [3.05, 3.63) is 41.0 Å². The van der Waals surface area contributed by atoms with Crippen molar-refractivity contribution in [2.45, 2.75) is 33.6 Å². The maximum absolute atomic E-state index is 13.1. The maximum atomic E-state index is 13.1. The van der Waals surface area contributed by atoms with Crippen LogP contribution in [-0.2, 0) is 9.59 Å². The number of amides is 1. The Morgan fingerprint density at radius 2 is 1.87 bits per heavy atom. The minimum atomic E-state index is -0.864. The predicted molar refractivity (Wildman–Crippen MR) is 89.5 cm³/mol. The molecule has 1 aliphatic heterocycles. The van der Waals surface area contributed by atoms with Crippen LogP contribution in [0.3, 0.4) is 0 Å². The van der Waals surface area contributed by atoms with Crippen LogP contribution in [0.25, 0.3) is 0 Å². The third-order valence-corrected chi connectivity index (χ3v) is 5.13. The molecule has 4 nitrogen and oxygen atoms in total. The van der Waals surface area contributed by atoms with Gasteiger partial charge in [-0.05, 0) is 50.7 Å². The van der Waals surface area contributed by atoms with Crippen LogP contribution in [0.4, 0.5) is 5.69 Å². The van der Waals surface area contributed by atoms with E-state index in [1.54, 1.807) is 0 Å². The summed E-state index contributed by atoms with van der Waals surface area (Å²) in [5.74, 6) is -1.89. The number of aliphatic carboxylic acids is 1. The number of carbonyl (C=O) groups excluding carboxylic acids is 1. The van der Waals surface area contributed by atoms with Crippen molar-refractivity contribution in [3.8, 4) is 0 Å². The average Bonchev–Trinajstić information content (AvgIpc) is 2.48. The lowest BCUT2D eigenvalue weighted by molar-refractivity contribution is -0.148. The molecule has 0 bridgehead atoms. The Bertz CT molecular complexity index is 669. The summed E-state index contributed by atoms with van der Waals surface area (Å²) in [7, 11) is 0. The summed E-state index contributed by atoms with van der Waals surface area (Å²) in [6.07, 6.45) is 5.23. The lowest BCUT2D eigenvalue weighted by Gasteiger charge is -2.41. The highest BCUT2D eigenvalue weighted by atomic mass is 16.4. The van der Waals surface area contributed by atoms with Crippen molar-refractivity contribution in [1.82, 2.24) is 0 Å². The van der Waals surface area contributed by atoms with E-state index in [0.29, 0.717) is 13.0 Å². The summed E-state index contributed by atoms with van der Waals surface area (Å²) in [5, 5.41) is 9.49. The first kappa shape index (κ1) is 15.8. The zero-order valence-corrected chi connectivity index (χ0v) is 13.9. The van der Waals surface area contributed by atoms with Gasteiger partial charge in [0, 0.05) is 12.2 Å². The van der Waals surface area contributed by atoms with Crippen LogP contribution in [0.15, 0.2) is 24.3 Å². The Balaban J connectivity index is 1.99. The summed E-state index contributed by atoms with van der Waals surface area (Å²) < 4.78 is 0. The second kappa shape index (κ2) is 5.84. The highest BCUT2D eigenvalue weighted by molar-refractivity contribution is 5.99. The molecule has 0 aromatic heterocycles. The Morgan fingerprint density at radius 1 is 1.22 bits per heavy atom. The van der Waals surface area contributed by atoms with Crippen molar-refractivity contribution in [1.29, 1.82) is 0 Å². The van der Waals surface area contributed by atoms with E-state index in [1.165, 1.54) is 5.56 Å². The number of piperidine rings is 1. The van der Waals surface area contributed by atoms with Crippen molar-refractivity contribution in [2.75, 3.05) is 11.4 Å². The molecule has 1 fully saturated rings. The van der Waals surface area contributed by atoms with Gasteiger partial charge in [-0.3, -0.25) is 9.59 Å². The standard InChI is InChI=1S/C19H23NO3/c1-11-9-12(2)17(13(3)10-11)20-8-7-14-5-4-6-15(19(22)23)16(14)18(20)21/h4-5,9-10,14-16H,6-8H2,1-3H3,(H,22,23)/t14-,15-,16+/m0/s1. The van der Waals surface area contributed by atoms with Crippen LogP contribution < -0.4 is 4.90 Å². The Kier molecular flexibility index (Phi) is 4.00. The van der Waals surface area contributed by atoms with Gasteiger partial charge < -0.3 is 10.0 Å². The topological polar surface area (TPSA) is 57.6 Å². The molecule has 0 saturated carbocycles. The van der Waals surface area contributed by atoms with Gasteiger partial charge in [0.2, 0.25) is 5.91 Å². The van der Waals surface area contributed by atoms with Gasteiger partial charge in [0.1, 0.15) is 0 Å². The van der Waals surface area contributed by atoms with Crippen LogP contribution in [0.2, 0.25) is 0 Å².